The number of hydrogen-bond donors (Lipinski definition) is 3. The van der Waals surface area contributed by atoms with Crippen LogP contribution in [-0.2, 0) is 16.1 Å². The monoisotopic (exact) mass is 309 g/mol. The number of carboxylic acid groups (broad SMARTS) is 1. The van der Waals surface area contributed by atoms with E-state index in [-0.39, 0.29) is 18.4 Å². The number of carbonyl (C=O) groups excluding carboxylic acids is 1. The van der Waals surface area contributed by atoms with Crippen LogP contribution in [0.15, 0.2) is 12.5 Å². The lowest BCUT2D eigenvalue weighted by molar-refractivity contribution is -0.123. The normalized spacial score (nSPS) is 11.2. The molecule has 0 aromatic carbocycles. The SMILES string of the molecule is Cc1cnc(C(C)NC(=O)CCCn2cnnn2)[nH]1.O=CO. The molecular formula is C12H19N7O3. The molecule has 0 fully saturated rings. The van der Waals surface area contributed by atoms with Gasteiger partial charge in [0.1, 0.15) is 12.2 Å². The van der Waals surface area contributed by atoms with Crippen molar-refractivity contribution in [1.82, 2.24) is 35.5 Å². The molecule has 0 saturated heterocycles. The fourth-order valence-corrected chi connectivity index (χ4v) is 1.72. The van der Waals surface area contributed by atoms with Gasteiger partial charge in [-0.25, -0.2) is 9.67 Å². The number of rotatable bonds is 6. The summed E-state index contributed by atoms with van der Waals surface area (Å²) in [7, 11) is 0. The van der Waals surface area contributed by atoms with Crippen LogP contribution < -0.4 is 5.32 Å². The number of nitrogens with one attached hydrogen (secondary N) is 2. The van der Waals surface area contributed by atoms with Gasteiger partial charge in [-0.3, -0.25) is 9.59 Å². The molecule has 120 valence electrons. The van der Waals surface area contributed by atoms with Gasteiger partial charge < -0.3 is 15.4 Å². The summed E-state index contributed by atoms with van der Waals surface area (Å²) in [5, 5.41) is 20.6. The number of nitrogens with zero attached hydrogens (tertiary/aromatic N) is 5. The number of hydrogen-bond acceptors (Lipinski definition) is 6. The molecule has 10 nitrogen and oxygen atoms in total. The lowest BCUT2D eigenvalue weighted by atomic mass is 10.2. The molecule has 1 unspecified atom stereocenters. The Kier molecular flexibility index (Phi) is 7.23. The summed E-state index contributed by atoms with van der Waals surface area (Å²) in [6, 6.07) is -0.116. The third-order valence-corrected chi connectivity index (χ3v) is 2.69. The average molecular weight is 309 g/mol. The largest absolute Gasteiger partial charge is 0.483 e. The maximum atomic E-state index is 11.7. The first-order valence-electron chi connectivity index (χ1n) is 6.66. The summed E-state index contributed by atoms with van der Waals surface area (Å²) in [6.45, 7) is 4.21. The third kappa shape index (κ3) is 6.11. The predicted octanol–water partition coefficient (Wildman–Crippen LogP) is 0.0630. The minimum Gasteiger partial charge on any atom is -0.483 e. The number of aromatic amines is 1. The van der Waals surface area contributed by atoms with E-state index in [0.29, 0.717) is 19.4 Å². The van der Waals surface area contributed by atoms with Crippen molar-refractivity contribution in [3.05, 3.63) is 24.0 Å². The number of amides is 1. The quantitative estimate of drug-likeness (QED) is 0.641. The van der Waals surface area contributed by atoms with E-state index < -0.39 is 0 Å². The standard InChI is InChI=1S/C11H17N7O.CH2O2/c1-8-6-12-11(14-8)9(2)15-10(19)4-3-5-18-7-13-16-17-18;2-1-3/h6-7,9H,3-5H2,1-2H3,(H,12,14)(H,15,19);1H,(H,2,3). The number of carbonyl (C=O) groups is 2. The number of aromatic nitrogens is 6. The van der Waals surface area contributed by atoms with Gasteiger partial charge in [0.05, 0.1) is 6.04 Å². The number of aryl methyl sites for hydroxylation is 2. The number of H-pyrrole nitrogens is 1. The highest BCUT2D eigenvalue weighted by molar-refractivity contribution is 5.76. The van der Waals surface area contributed by atoms with Gasteiger partial charge in [-0.05, 0) is 30.7 Å². The highest BCUT2D eigenvalue weighted by Crippen LogP contribution is 2.08. The summed E-state index contributed by atoms with van der Waals surface area (Å²) < 4.78 is 1.60. The van der Waals surface area contributed by atoms with E-state index in [1.165, 1.54) is 6.33 Å². The van der Waals surface area contributed by atoms with Crippen LogP contribution in [-0.4, -0.2) is 47.7 Å². The van der Waals surface area contributed by atoms with Crippen molar-refractivity contribution < 1.29 is 14.7 Å². The van der Waals surface area contributed by atoms with Crippen LogP contribution in [0.25, 0.3) is 0 Å². The Morgan fingerprint density at radius 1 is 1.59 bits per heavy atom. The van der Waals surface area contributed by atoms with E-state index in [4.69, 9.17) is 9.90 Å². The van der Waals surface area contributed by atoms with Gasteiger partial charge in [0.25, 0.3) is 6.47 Å². The van der Waals surface area contributed by atoms with Gasteiger partial charge in [-0.15, -0.1) is 5.10 Å². The van der Waals surface area contributed by atoms with E-state index in [1.54, 1.807) is 10.9 Å². The first-order valence-corrected chi connectivity index (χ1v) is 6.66. The van der Waals surface area contributed by atoms with Crippen LogP contribution in [0, 0.1) is 6.92 Å². The fourth-order valence-electron chi connectivity index (χ4n) is 1.72. The summed E-state index contributed by atoms with van der Waals surface area (Å²) in [4.78, 5) is 27.4. The number of imidazole rings is 1. The topological polar surface area (TPSA) is 139 Å². The molecule has 1 amide bonds. The number of tetrazole rings is 1. The van der Waals surface area contributed by atoms with Crippen molar-refractivity contribution in [3.8, 4) is 0 Å². The fraction of sp³-hybridized carbons (Fsp3) is 0.500. The Morgan fingerprint density at radius 3 is 2.86 bits per heavy atom. The van der Waals surface area contributed by atoms with Crippen molar-refractivity contribution in [2.75, 3.05) is 0 Å². The van der Waals surface area contributed by atoms with Gasteiger partial charge in [-0.2, -0.15) is 0 Å². The van der Waals surface area contributed by atoms with Crippen molar-refractivity contribution in [3.63, 3.8) is 0 Å². The molecule has 2 aromatic heterocycles. The van der Waals surface area contributed by atoms with Crippen molar-refractivity contribution >= 4 is 12.4 Å². The van der Waals surface area contributed by atoms with Crippen LogP contribution in [0.5, 0.6) is 0 Å². The molecule has 0 aliphatic heterocycles. The van der Waals surface area contributed by atoms with Crippen LogP contribution in [0.2, 0.25) is 0 Å². The highest BCUT2D eigenvalue weighted by atomic mass is 16.3. The summed E-state index contributed by atoms with van der Waals surface area (Å²) in [6.07, 6.45) is 4.41. The smallest absolute Gasteiger partial charge is 0.290 e. The van der Waals surface area contributed by atoms with Gasteiger partial charge in [0.15, 0.2) is 0 Å². The molecule has 2 aromatic rings. The molecule has 2 heterocycles. The zero-order valence-electron chi connectivity index (χ0n) is 12.4. The van der Waals surface area contributed by atoms with E-state index in [2.05, 4.69) is 30.8 Å². The molecule has 10 heteroatoms. The third-order valence-electron chi connectivity index (χ3n) is 2.69. The van der Waals surface area contributed by atoms with Crippen LogP contribution in [0.1, 0.15) is 37.3 Å². The second-order valence-corrected chi connectivity index (χ2v) is 4.52. The Labute approximate surface area is 126 Å². The Morgan fingerprint density at radius 2 is 2.32 bits per heavy atom. The first-order chi connectivity index (χ1) is 10.6. The summed E-state index contributed by atoms with van der Waals surface area (Å²) in [5.74, 6) is 0.765. The molecule has 0 aliphatic rings. The van der Waals surface area contributed by atoms with Crippen molar-refractivity contribution in [2.24, 2.45) is 0 Å². The molecule has 0 bridgehead atoms. The molecular weight excluding hydrogens is 290 g/mol. The van der Waals surface area contributed by atoms with E-state index >= 15 is 0 Å². The maximum absolute atomic E-state index is 11.7. The van der Waals surface area contributed by atoms with Gasteiger partial charge in [0.2, 0.25) is 5.91 Å². The molecule has 2 rings (SSSR count). The summed E-state index contributed by atoms with van der Waals surface area (Å²) >= 11 is 0. The average Bonchev–Trinajstić information content (AvgIpc) is 3.11. The predicted molar refractivity (Wildman–Crippen MR) is 75.6 cm³/mol. The molecule has 22 heavy (non-hydrogen) atoms. The van der Waals surface area contributed by atoms with Crippen molar-refractivity contribution in [2.45, 2.75) is 39.3 Å². The molecule has 0 radical (unpaired) electrons. The second kappa shape index (κ2) is 9.21. The zero-order valence-corrected chi connectivity index (χ0v) is 12.4. The van der Waals surface area contributed by atoms with Gasteiger partial charge in [-0.1, -0.05) is 0 Å². The molecule has 3 N–H and O–H groups in total. The summed E-state index contributed by atoms with van der Waals surface area (Å²) in [5.41, 5.74) is 0.981. The lowest BCUT2D eigenvalue weighted by Crippen LogP contribution is -2.27. The van der Waals surface area contributed by atoms with E-state index in [1.807, 2.05) is 13.8 Å². The first kappa shape index (κ1) is 17.3. The Hall–Kier alpha value is -2.78. The van der Waals surface area contributed by atoms with E-state index in [9.17, 15) is 4.79 Å². The van der Waals surface area contributed by atoms with Gasteiger partial charge in [0, 0.05) is 24.9 Å². The molecule has 0 saturated carbocycles. The second-order valence-electron chi connectivity index (χ2n) is 4.52. The van der Waals surface area contributed by atoms with Crippen LogP contribution in [0.4, 0.5) is 0 Å². The minimum absolute atomic E-state index is 0.00497. The van der Waals surface area contributed by atoms with Crippen LogP contribution >= 0.6 is 0 Å². The lowest BCUT2D eigenvalue weighted by Gasteiger charge is -2.11. The molecule has 1 atom stereocenters. The van der Waals surface area contributed by atoms with Crippen molar-refractivity contribution in [1.29, 1.82) is 0 Å². The Balaban J connectivity index is 0.000000745. The van der Waals surface area contributed by atoms with Gasteiger partial charge >= 0.3 is 0 Å². The van der Waals surface area contributed by atoms with Crippen LogP contribution in [0.3, 0.4) is 0 Å². The van der Waals surface area contributed by atoms with E-state index in [0.717, 1.165) is 11.5 Å². The minimum atomic E-state index is -0.250. The Bertz CT molecular complexity index is 567. The molecule has 0 aliphatic carbocycles. The highest BCUT2D eigenvalue weighted by Gasteiger charge is 2.11. The molecule has 0 spiro atoms. The maximum Gasteiger partial charge on any atom is 0.290 e. The zero-order chi connectivity index (χ0) is 16.4.